The maximum absolute atomic E-state index is 11.3. The maximum Gasteiger partial charge on any atom is 0.331 e. The van der Waals surface area contributed by atoms with Crippen LogP contribution in [0.4, 0.5) is 0 Å². The van der Waals surface area contributed by atoms with Crippen LogP contribution in [0.15, 0.2) is 12.2 Å². The normalized spacial score (nSPS) is 12.3. The average Bonchev–Trinajstić information content (AvgIpc) is 2.44. The summed E-state index contributed by atoms with van der Waals surface area (Å²) >= 11 is 0. The first-order valence-electron chi connectivity index (χ1n) is 7.65. The van der Waals surface area contributed by atoms with E-state index >= 15 is 0 Å². The minimum atomic E-state index is -0.504. The van der Waals surface area contributed by atoms with Gasteiger partial charge in [0.25, 0.3) is 0 Å². The summed E-state index contributed by atoms with van der Waals surface area (Å²) in [5.74, 6) is -0.990. The van der Waals surface area contributed by atoms with Crippen molar-refractivity contribution in [3.05, 3.63) is 12.2 Å². The van der Waals surface area contributed by atoms with E-state index in [9.17, 15) is 9.59 Å². The number of unbranched alkanes of at least 4 members (excludes halogenated alkanes) is 5. The lowest BCUT2D eigenvalue weighted by atomic mass is 10.1. The van der Waals surface area contributed by atoms with Gasteiger partial charge in [-0.2, -0.15) is 0 Å². The van der Waals surface area contributed by atoms with Crippen molar-refractivity contribution in [2.45, 2.75) is 71.8 Å². The Balaban J connectivity index is 3.60. The Morgan fingerprint density at radius 3 is 2.20 bits per heavy atom. The monoisotopic (exact) mass is 284 g/mol. The SMILES string of the molecule is CCCCCCCCOC(=O)/C=C/C(=O)OC(C)CC. The van der Waals surface area contributed by atoms with Gasteiger partial charge in [-0.05, 0) is 19.8 Å². The number of ether oxygens (including phenoxy) is 2. The van der Waals surface area contributed by atoms with Crippen molar-refractivity contribution >= 4 is 11.9 Å². The highest BCUT2D eigenvalue weighted by molar-refractivity contribution is 5.91. The molecule has 0 fully saturated rings. The van der Waals surface area contributed by atoms with Crippen LogP contribution in [0.5, 0.6) is 0 Å². The van der Waals surface area contributed by atoms with Gasteiger partial charge in [0.2, 0.25) is 0 Å². The van der Waals surface area contributed by atoms with Crippen LogP contribution in [0.25, 0.3) is 0 Å². The molecule has 20 heavy (non-hydrogen) atoms. The summed E-state index contributed by atoms with van der Waals surface area (Å²) in [6.07, 6.45) is 9.74. The molecular formula is C16H28O4. The third-order valence-electron chi connectivity index (χ3n) is 2.99. The number of esters is 2. The van der Waals surface area contributed by atoms with Gasteiger partial charge in [0.15, 0.2) is 0 Å². The van der Waals surface area contributed by atoms with Gasteiger partial charge in [-0.25, -0.2) is 9.59 Å². The largest absolute Gasteiger partial charge is 0.463 e. The van der Waals surface area contributed by atoms with Crippen LogP contribution >= 0.6 is 0 Å². The molecule has 0 radical (unpaired) electrons. The molecule has 0 bridgehead atoms. The predicted molar refractivity (Wildman–Crippen MR) is 79.3 cm³/mol. The van der Waals surface area contributed by atoms with Crippen LogP contribution in [-0.4, -0.2) is 24.6 Å². The Labute approximate surface area is 122 Å². The van der Waals surface area contributed by atoms with Gasteiger partial charge in [-0.15, -0.1) is 0 Å². The molecule has 116 valence electrons. The molecule has 0 saturated heterocycles. The van der Waals surface area contributed by atoms with Gasteiger partial charge in [0.1, 0.15) is 0 Å². The number of hydrogen-bond donors (Lipinski definition) is 0. The molecule has 1 atom stereocenters. The Kier molecular flexibility index (Phi) is 11.9. The van der Waals surface area contributed by atoms with Crippen LogP contribution in [0.2, 0.25) is 0 Å². The lowest BCUT2D eigenvalue weighted by Crippen LogP contribution is -2.12. The maximum atomic E-state index is 11.3. The molecule has 1 unspecified atom stereocenters. The highest BCUT2D eigenvalue weighted by Gasteiger charge is 2.05. The fraction of sp³-hybridized carbons (Fsp3) is 0.750. The van der Waals surface area contributed by atoms with Gasteiger partial charge < -0.3 is 9.47 Å². The zero-order valence-electron chi connectivity index (χ0n) is 13.0. The van der Waals surface area contributed by atoms with Crippen LogP contribution in [0.3, 0.4) is 0 Å². The molecule has 0 aliphatic rings. The van der Waals surface area contributed by atoms with Gasteiger partial charge in [-0.3, -0.25) is 0 Å². The number of carbonyl (C=O) groups excluding carboxylic acids is 2. The van der Waals surface area contributed by atoms with Gasteiger partial charge in [0, 0.05) is 12.2 Å². The molecule has 0 aliphatic heterocycles. The van der Waals surface area contributed by atoms with E-state index in [1.165, 1.54) is 25.7 Å². The van der Waals surface area contributed by atoms with E-state index in [-0.39, 0.29) is 6.10 Å². The lowest BCUT2D eigenvalue weighted by molar-refractivity contribution is -0.143. The summed E-state index contributed by atoms with van der Waals surface area (Å²) in [7, 11) is 0. The average molecular weight is 284 g/mol. The van der Waals surface area contributed by atoms with Crippen LogP contribution in [0, 0.1) is 0 Å². The molecule has 4 nitrogen and oxygen atoms in total. The van der Waals surface area contributed by atoms with Crippen LogP contribution in [-0.2, 0) is 19.1 Å². The van der Waals surface area contributed by atoms with E-state index in [0.29, 0.717) is 6.61 Å². The molecule has 0 aromatic rings. The van der Waals surface area contributed by atoms with Gasteiger partial charge >= 0.3 is 11.9 Å². The molecule has 0 aromatic carbocycles. The Hall–Kier alpha value is -1.32. The molecule has 0 spiro atoms. The zero-order chi connectivity index (χ0) is 15.2. The fourth-order valence-corrected chi connectivity index (χ4v) is 1.56. The van der Waals surface area contributed by atoms with E-state index in [4.69, 9.17) is 9.47 Å². The second-order valence-corrected chi connectivity index (χ2v) is 4.92. The molecular weight excluding hydrogens is 256 g/mol. The van der Waals surface area contributed by atoms with Crippen molar-refractivity contribution < 1.29 is 19.1 Å². The third kappa shape index (κ3) is 11.8. The van der Waals surface area contributed by atoms with Crippen molar-refractivity contribution in [2.75, 3.05) is 6.61 Å². The van der Waals surface area contributed by atoms with E-state index < -0.39 is 11.9 Å². The smallest absolute Gasteiger partial charge is 0.331 e. The van der Waals surface area contributed by atoms with Crippen LogP contribution in [0.1, 0.15) is 65.7 Å². The van der Waals surface area contributed by atoms with Crippen molar-refractivity contribution in [3.63, 3.8) is 0 Å². The molecule has 0 rings (SSSR count). The molecule has 0 amide bonds. The van der Waals surface area contributed by atoms with E-state index in [1.807, 2.05) is 13.8 Å². The van der Waals surface area contributed by atoms with Crippen molar-refractivity contribution in [1.82, 2.24) is 0 Å². The number of carbonyl (C=O) groups is 2. The first-order chi connectivity index (χ1) is 9.60. The minimum absolute atomic E-state index is 0.133. The third-order valence-corrected chi connectivity index (χ3v) is 2.99. The van der Waals surface area contributed by atoms with Crippen molar-refractivity contribution in [3.8, 4) is 0 Å². The highest BCUT2D eigenvalue weighted by atomic mass is 16.5. The van der Waals surface area contributed by atoms with Gasteiger partial charge in [0.05, 0.1) is 12.7 Å². The molecule has 0 saturated carbocycles. The highest BCUT2D eigenvalue weighted by Crippen LogP contribution is 2.05. The van der Waals surface area contributed by atoms with Crippen molar-refractivity contribution in [1.29, 1.82) is 0 Å². The quantitative estimate of drug-likeness (QED) is 0.329. The first-order valence-corrected chi connectivity index (χ1v) is 7.65. The Bertz CT molecular complexity index is 297. The van der Waals surface area contributed by atoms with E-state index in [2.05, 4.69) is 6.92 Å². The van der Waals surface area contributed by atoms with Crippen molar-refractivity contribution in [2.24, 2.45) is 0 Å². The Morgan fingerprint density at radius 1 is 0.950 bits per heavy atom. The molecule has 0 aromatic heterocycles. The summed E-state index contributed by atoms with van der Waals surface area (Å²) in [5, 5.41) is 0. The van der Waals surface area contributed by atoms with Gasteiger partial charge in [-0.1, -0.05) is 46.0 Å². The predicted octanol–water partition coefficient (Wildman–Crippen LogP) is 3.79. The molecule has 0 N–H and O–H groups in total. The molecule has 0 heterocycles. The summed E-state index contributed by atoms with van der Waals surface area (Å²) in [5.41, 5.74) is 0. The topological polar surface area (TPSA) is 52.6 Å². The molecule has 4 heteroatoms. The van der Waals surface area contributed by atoms with E-state index in [1.54, 1.807) is 0 Å². The second kappa shape index (κ2) is 12.7. The number of rotatable bonds is 11. The minimum Gasteiger partial charge on any atom is -0.463 e. The van der Waals surface area contributed by atoms with Crippen LogP contribution < -0.4 is 0 Å². The first kappa shape index (κ1) is 18.7. The lowest BCUT2D eigenvalue weighted by Gasteiger charge is -2.07. The zero-order valence-corrected chi connectivity index (χ0v) is 13.0. The Morgan fingerprint density at radius 2 is 1.55 bits per heavy atom. The second-order valence-electron chi connectivity index (χ2n) is 4.92. The van der Waals surface area contributed by atoms with E-state index in [0.717, 1.165) is 31.4 Å². The standard InChI is InChI=1S/C16H28O4/c1-4-6-7-8-9-10-13-19-15(17)11-12-16(18)20-14(3)5-2/h11-12,14H,4-10,13H2,1-3H3/b12-11+. The summed E-state index contributed by atoms with van der Waals surface area (Å²) in [4.78, 5) is 22.6. The summed E-state index contributed by atoms with van der Waals surface area (Å²) in [6, 6.07) is 0. The molecule has 0 aliphatic carbocycles. The number of hydrogen-bond acceptors (Lipinski definition) is 4. The summed E-state index contributed by atoms with van der Waals surface area (Å²) < 4.78 is 9.99. The summed E-state index contributed by atoms with van der Waals surface area (Å²) in [6.45, 7) is 6.33. The fourth-order valence-electron chi connectivity index (χ4n) is 1.56.